The summed E-state index contributed by atoms with van der Waals surface area (Å²) in [5.74, 6) is -7.98. The fourth-order valence-electron chi connectivity index (χ4n) is 1.16. The Labute approximate surface area is 66.1 Å². The molecule has 0 radical (unpaired) electrons. The average molecular weight is 182 g/mol. The van der Waals surface area contributed by atoms with Gasteiger partial charge < -0.3 is 0 Å². The van der Waals surface area contributed by atoms with Crippen LogP contribution in [-0.2, 0) is 4.79 Å². The second-order valence-corrected chi connectivity index (χ2v) is 2.79. The lowest BCUT2D eigenvalue weighted by Gasteiger charge is -2.43. The third-order valence-electron chi connectivity index (χ3n) is 1.99. The predicted octanol–water partition coefficient (Wildman–Crippen LogP) is 2.05. The van der Waals surface area contributed by atoms with Crippen LogP contribution in [0, 0.1) is 5.92 Å². The minimum absolute atomic E-state index is 0.327. The number of allylic oxidation sites excluding steroid dienone is 1. The van der Waals surface area contributed by atoms with Gasteiger partial charge in [-0.15, -0.1) is 0 Å². The van der Waals surface area contributed by atoms with Gasteiger partial charge in [-0.05, 0) is 6.42 Å². The summed E-state index contributed by atoms with van der Waals surface area (Å²) in [6, 6.07) is 0. The molecule has 0 bridgehead atoms. The molecule has 0 heterocycles. The van der Waals surface area contributed by atoms with E-state index in [-0.39, 0.29) is 6.42 Å². The summed E-state index contributed by atoms with van der Waals surface area (Å²) in [6.45, 7) is 0. The van der Waals surface area contributed by atoms with Crippen molar-refractivity contribution in [3.8, 4) is 0 Å². The monoisotopic (exact) mass is 182 g/mol. The number of rotatable bonds is 2. The van der Waals surface area contributed by atoms with Crippen LogP contribution in [0.1, 0.15) is 12.8 Å². The molecule has 12 heavy (non-hydrogen) atoms. The van der Waals surface area contributed by atoms with Crippen LogP contribution in [0.3, 0.4) is 0 Å². The van der Waals surface area contributed by atoms with Crippen LogP contribution in [-0.4, -0.2) is 17.8 Å². The van der Waals surface area contributed by atoms with E-state index in [4.69, 9.17) is 0 Å². The van der Waals surface area contributed by atoms with E-state index in [9.17, 15) is 22.4 Å². The Kier molecular flexibility index (Phi) is 2.00. The predicted molar refractivity (Wildman–Crippen MR) is 32.9 cm³/mol. The first kappa shape index (κ1) is 9.26. The largest absolute Gasteiger partial charge is 0.313 e. The Hall–Kier alpha value is -0.830. The van der Waals surface area contributed by atoms with Crippen LogP contribution in [0.5, 0.6) is 0 Å². The number of carbonyl (C=O) groups excluding carboxylic acids is 1. The molecule has 1 unspecified atom stereocenters. The van der Waals surface area contributed by atoms with Crippen LogP contribution >= 0.6 is 0 Å². The first-order valence-electron chi connectivity index (χ1n) is 3.37. The molecule has 68 valence electrons. The second kappa shape index (κ2) is 2.59. The molecule has 5 heteroatoms. The number of hydrogen-bond donors (Lipinski definition) is 0. The fraction of sp³-hybridized carbons (Fsp3) is 0.714. The van der Waals surface area contributed by atoms with Crippen molar-refractivity contribution in [2.24, 2.45) is 5.92 Å². The van der Waals surface area contributed by atoms with Crippen molar-refractivity contribution in [2.75, 3.05) is 0 Å². The SMILES string of the molecule is O=C=CCC1CC(F)(F)C1(F)F. The topological polar surface area (TPSA) is 17.1 Å². The van der Waals surface area contributed by atoms with Crippen LogP contribution < -0.4 is 0 Å². The molecule has 1 rings (SSSR count). The molecular formula is C7H6F4O. The Bertz CT molecular complexity index is 230. The maximum atomic E-state index is 12.4. The molecule has 0 amide bonds. The van der Waals surface area contributed by atoms with Gasteiger partial charge in [0.2, 0.25) is 0 Å². The summed E-state index contributed by atoms with van der Waals surface area (Å²) in [7, 11) is 0. The summed E-state index contributed by atoms with van der Waals surface area (Å²) in [4.78, 5) is 9.61. The molecular weight excluding hydrogens is 176 g/mol. The summed E-state index contributed by atoms with van der Waals surface area (Å²) >= 11 is 0. The standard InChI is InChI=1S/C7H6F4O/c8-6(9)4-5(2-1-3-12)7(6,10)11/h1,5H,2,4H2. The minimum atomic E-state index is -3.96. The van der Waals surface area contributed by atoms with Gasteiger partial charge in [0, 0.05) is 18.4 Å². The lowest BCUT2D eigenvalue weighted by molar-refractivity contribution is -0.312. The smallest absolute Gasteiger partial charge is 0.234 e. The summed E-state index contributed by atoms with van der Waals surface area (Å²) in [5.41, 5.74) is 0. The second-order valence-electron chi connectivity index (χ2n) is 2.79. The van der Waals surface area contributed by atoms with Gasteiger partial charge in [-0.3, -0.25) is 0 Å². The molecule has 1 saturated carbocycles. The van der Waals surface area contributed by atoms with E-state index in [2.05, 4.69) is 0 Å². The number of alkyl halides is 4. The molecule has 0 aromatic carbocycles. The van der Waals surface area contributed by atoms with E-state index in [1.165, 1.54) is 5.94 Å². The van der Waals surface area contributed by atoms with Gasteiger partial charge in [0.15, 0.2) is 0 Å². The molecule has 1 aliphatic carbocycles. The van der Waals surface area contributed by atoms with E-state index in [1.54, 1.807) is 0 Å². The highest BCUT2D eigenvalue weighted by Crippen LogP contribution is 2.56. The van der Waals surface area contributed by atoms with Gasteiger partial charge in [-0.2, -0.15) is 17.6 Å². The molecule has 1 atom stereocenters. The molecule has 1 aliphatic rings. The van der Waals surface area contributed by atoms with Crippen molar-refractivity contribution in [3.63, 3.8) is 0 Å². The average Bonchev–Trinajstić information content (AvgIpc) is 1.97. The first-order valence-corrected chi connectivity index (χ1v) is 3.37. The molecule has 0 spiro atoms. The quantitative estimate of drug-likeness (QED) is 0.471. The molecule has 1 nitrogen and oxygen atoms in total. The Balaban J connectivity index is 2.59. The van der Waals surface area contributed by atoms with Crippen molar-refractivity contribution < 1.29 is 22.4 Å². The molecule has 0 aromatic heterocycles. The zero-order valence-electron chi connectivity index (χ0n) is 5.99. The summed E-state index contributed by atoms with van der Waals surface area (Å²) in [5, 5.41) is 0. The normalized spacial score (nSPS) is 30.2. The summed E-state index contributed by atoms with van der Waals surface area (Å²) in [6.07, 6.45) is -0.363. The van der Waals surface area contributed by atoms with E-state index in [1.807, 2.05) is 0 Å². The van der Waals surface area contributed by atoms with Gasteiger partial charge in [-0.25, -0.2) is 4.79 Å². The maximum Gasteiger partial charge on any atom is 0.313 e. The van der Waals surface area contributed by atoms with Crippen molar-refractivity contribution in [3.05, 3.63) is 6.08 Å². The zero-order chi connectivity index (χ0) is 9.41. The Morgan fingerprint density at radius 2 is 2.00 bits per heavy atom. The molecule has 0 saturated heterocycles. The van der Waals surface area contributed by atoms with Crippen LogP contribution in [0.25, 0.3) is 0 Å². The first-order chi connectivity index (χ1) is 5.42. The number of halogens is 4. The van der Waals surface area contributed by atoms with E-state index in [0.717, 1.165) is 6.08 Å². The molecule has 0 aliphatic heterocycles. The van der Waals surface area contributed by atoms with Gasteiger partial charge >= 0.3 is 11.8 Å². The van der Waals surface area contributed by atoms with Gasteiger partial charge in [0.25, 0.3) is 0 Å². The highest BCUT2D eigenvalue weighted by Gasteiger charge is 2.70. The van der Waals surface area contributed by atoms with E-state index < -0.39 is 24.2 Å². The van der Waals surface area contributed by atoms with Crippen molar-refractivity contribution in [1.82, 2.24) is 0 Å². The highest BCUT2D eigenvalue weighted by atomic mass is 19.3. The van der Waals surface area contributed by atoms with E-state index in [0.29, 0.717) is 0 Å². The number of hydrogen-bond acceptors (Lipinski definition) is 1. The van der Waals surface area contributed by atoms with E-state index >= 15 is 0 Å². The Morgan fingerprint density at radius 1 is 1.42 bits per heavy atom. The lowest BCUT2D eigenvalue weighted by Crippen LogP contribution is -2.58. The third-order valence-corrected chi connectivity index (χ3v) is 1.99. The molecule has 0 aromatic rings. The van der Waals surface area contributed by atoms with Crippen molar-refractivity contribution in [1.29, 1.82) is 0 Å². The molecule has 0 N–H and O–H groups in total. The van der Waals surface area contributed by atoms with Crippen LogP contribution in [0.2, 0.25) is 0 Å². The third kappa shape index (κ3) is 1.14. The maximum absolute atomic E-state index is 12.4. The lowest BCUT2D eigenvalue weighted by atomic mass is 9.75. The van der Waals surface area contributed by atoms with Gasteiger partial charge in [0.05, 0.1) is 0 Å². The van der Waals surface area contributed by atoms with Crippen molar-refractivity contribution in [2.45, 2.75) is 24.7 Å². The Morgan fingerprint density at radius 3 is 2.33 bits per heavy atom. The van der Waals surface area contributed by atoms with Crippen LogP contribution in [0.15, 0.2) is 6.08 Å². The van der Waals surface area contributed by atoms with Gasteiger partial charge in [0.1, 0.15) is 5.94 Å². The van der Waals surface area contributed by atoms with Crippen molar-refractivity contribution >= 4 is 5.94 Å². The zero-order valence-corrected chi connectivity index (χ0v) is 5.99. The fourth-order valence-corrected chi connectivity index (χ4v) is 1.16. The van der Waals surface area contributed by atoms with Crippen LogP contribution in [0.4, 0.5) is 17.6 Å². The summed E-state index contributed by atoms with van der Waals surface area (Å²) < 4.78 is 49.1. The highest BCUT2D eigenvalue weighted by molar-refractivity contribution is 5.44. The molecule has 1 fully saturated rings. The van der Waals surface area contributed by atoms with Gasteiger partial charge in [-0.1, -0.05) is 0 Å². The minimum Gasteiger partial charge on any atom is -0.234 e.